The Morgan fingerprint density at radius 2 is 1.60 bits per heavy atom. The van der Waals surface area contributed by atoms with Gasteiger partial charge >= 0.3 is 0 Å². The quantitative estimate of drug-likeness (QED) is 0.536. The number of carbonyl (C=O) groups is 2. The van der Waals surface area contributed by atoms with E-state index in [9.17, 15) is 9.59 Å². The maximum Gasteiger partial charge on any atom is 0.246 e. The summed E-state index contributed by atoms with van der Waals surface area (Å²) in [5.74, 6) is -0.202. The first-order valence-corrected chi connectivity index (χ1v) is 4.97. The standard InChI is InChI=1S/C11H20N2O2/c1-8(2)9(14)12-6-7-13-10(15)11(3,4)5/h1,6-7H2,2-5H3,(H,12,14)(H,13,15). The second-order valence-electron chi connectivity index (χ2n) is 4.54. The van der Waals surface area contributed by atoms with Crippen LogP contribution in [-0.4, -0.2) is 24.9 Å². The molecule has 0 aromatic carbocycles. The lowest BCUT2D eigenvalue weighted by molar-refractivity contribution is -0.128. The molecule has 0 bridgehead atoms. The summed E-state index contributed by atoms with van der Waals surface area (Å²) in [5, 5.41) is 5.37. The van der Waals surface area contributed by atoms with Crippen LogP contribution in [0.1, 0.15) is 27.7 Å². The van der Waals surface area contributed by atoms with Crippen LogP contribution >= 0.6 is 0 Å². The normalized spacial score (nSPS) is 10.7. The van der Waals surface area contributed by atoms with E-state index in [4.69, 9.17) is 0 Å². The molecule has 0 aliphatic rings. The zero-order valence-corrected chi connectivity index (χ0v) is 9.94. The summed E-state index contributed by atoms with van der Waals surface area (Å²) in [5.41, 5.74) is 0.0791. The van der Waals surface area contributed by atoms with E-state index in [1.165, 1.54) is 0 Å². The van der Waals surface area contributed by atoms with E-state index >= 15 is 0 Å². The minimum atomic E-state index is -0.391. The average Bonchev–Trinajstić information content (AvgIpc) is 2.09. The molecule has 0 saturated heterocycles. The summed E-state index contributed by atoms with van der Waals surface area (Å²) in [4.78, 5) is 22.5. The van der Waals surface area contributed by atoms with Crippen LogP contribution in [0.2, 0.25) is 0 Å². The van der Waals surface area contributed by atoms with Crippen molar-refractivity contribution in [2.24, 2.45) is 5.41 Å². The molecular formula is C11H20N2O2. The van der Waals surface area contributed by atoms with Gasteiger partial charge < -0.3 is 10.6 Å². The van der Waals surface area contributed by atoms with Gasteiger partial charge in [-0.25, -0.2) is 0 Å². The molecule has 0 heterocycles. The molecule has 0 aliphatic heterocycles. The van der Waals surface area contributed by atoms with Crippen molar-refractivity contribution in [2.75, 3.05) is 13.1 Å². The molecule has 4 nitrogen and oxygen atoms in total. The summed E-state index contributed by atoms with van der Waals surface area (Å²) in [6.07, 6.45) is 0. The molecule has 2 amide bonds. The molecule has 0 radical (unpaired) electrons. The van der Waals surface area contributed by atoms with Gasteiger partial charge in [-0.2, -0.15) is 0 Å². The number of hydrogen-bond acceptors (Lipinski definition) is 2. The van der Waals surface area contributed by atoms with Crippen molar-refractivity contribution in [2.45, 2.75) is 27.7 Å². The van der Waals surface area contributed by atoms with E-state index in [1.54, 1.807) is 6.92 Å². The van der Waals surface area contributed by atoms with E-state index in [0.717, 1.165) is 0 Å². The van der Waals surface area contributed by atoms with E-state index in [1.807, 2.05) is 20.8 Å². The monoisotopic (exact) mass is 212 g/mol. The average molecular weight is 212 g/mol. The molecule has 0 rings (SSSR count). The Balaban J connectivity index is 3.69. The topological polar surface area (TPSA) is 58.2 Å². The van der Waals surface area contributed by atoms with Crippen molar-refractivity contribution in [1.29, 1.82) is 0 Å². The number of amides is 2. The van der Waals surface area contributed by atoms with Crippen LogP contribution < -0.4 is 10.6 Å². The Morgan fingerprint density at radius 1 is 1.13 bits per heavy atom. The molecule has 15 heavy (non-hydrogen) atoms. The van der Waals surface area contributed by atoms with Crippen LogP contribution in [0, 0.1) is 5.41 Å². The van der Waals surface area contributed by atoms with Crippen LogP contribution in [0.15, 0.2) is 12.2 Å². The molecule has 0 saturated carbocycles. The van der Waals surface area contributed by atoms with Crippen molar-refractivity contribution in [1.82, 2.24) is 10.6 Å². The zero-order chi connectivity index (χ0) is 12.1. The Morgan fingerprint density at radius 3 is 2.00 bits per heavy atom. The van der Waals surface area contributed by atoms with E-state index in [-0.39, 0.29) is 11.8 Å². The minimum Gasteiger partial charge on any atom is -0.354 e. The first-order chi connectivity index (χ1) is 6.75. The van der Waals surface area contributed by atoms with Gasteiger partial charge in [0.1, 0.15) is 0 Å². The molecule has 86 valence electrons. The van der Waals surface area contributed by atoms with Crippen LogP contribution in [0.4, 0.5) is 0 Å². The Labute approximate surface area is 91.1 Å². The van der Waals surface area contributed by atoms with Crippen LogP contribution in [0.25, 0.3) is 0 Å². The number of carbonyl (C=O) groups excluding carboxylic acids is 2. The second-order valence-corrected chi connectivity index (χ2v) is 4.54. The summed E-state index contributed by atoms with van der Waals surface area (Å²) < 4.78 is 0. The third-order valence-electron chi connectivity index (χ3n) is 1.76. The fraction of sp³-hybridized carbons (Fsp3) is 0.636. The van der Waals surface area contributed by atoms with Gasteiger partial charge in [0.25, 0.3) is 0 Å². The Bertz CT molecular complexity index is 264. The second kappa shape index (κ2) is 5.53. The third kappa shape index (κ3) is 5.88. The highest BCUT2D eigenvalue weighted by molar-refractivity contribution is 5.92. The van der Waals surface area contributed by atoms with E-state index in [2.05, 4.69) is 17.2 Å². The Hall–Kier alpha value is -1.32. The molecule has 0 aliphatic carbocycles. The highest BCUT2D eigenvalue weighted by Crippen LogP contribution is 2.11. The first-order valence-electron chi connectivity index (χ1n) is 4.97. The molecule has 2 N–H and O–H groups in total. The van der Waals surface area contributed by atoms with Gasteiger partial charge in [0, 0.05) is 24.1 Å². The summed E-state index contributed by atoms with van der Waals surface area (Å²) in [6, 6.07) is 0. The molecule has 0 atom stereocenters. The van der Waals surface area contributed by atoms with Gasteiger partial charge in [-0.05, 0) is 6.92 Å². The molecule has 4 heteroatoms. The van der Waals surface area contributed by atoms with Crippen molar-refractivity contribution in [3.63, 3.8) is 0 Å². The van der Waals surface area contributed by atoms with Gasteiger partial charge in [-0.15, -0.1) is 0 Å². The maximum atomic E-state index is 11.4. The van der Waals surface area contributed by atoms with Gasteiger partial charge in [-0.1, -0.05) is 27.4 Å². The highest BCUT2D eigenvalue weighted by Gasteiger charge is 2.20. The number of nitrogens with one attached hydrogen (secondary N) is 2. The number of hydrogen-bond donors (Lipinski definition) is 2. The van der Waals surface area contributed by atoms with Crippen molar-refractivity contribution in [3.05, 3.63) is 12.2 Å². The van der Waals surface area contributed by atoms with Gasteiger partial charge in [0.2, 0.25) is 11.8 Å². The molecule has 0 spiro atoms. The van der Waals surface area contributed by atoms with Gasteiger partial charge in [0.05, 0.1) is 0 Å². The minimum absolute atomic E-state index is 0.0212. The molecule has 0 aromatic heterocycles. The van der Waals surface area contributed by atoms with Gasteiger partial charge in [-0.3, -0.25) is 9.59 Å². The van der Waals surface area contributed by atoms with Crippen LogP contribution in [0.3, 0.4) is 0 Å². The maximum absolute atomic E-state index is 11.4. The van der Waals surface area contributed by atoms with E-state index in [0.29, 0.717) is 18.7 Å². The van der Waals surface area contributed by atoms with Crippen LogP contribution in [0.5, 0.6) is 0 Å². The molecule has 0 fully saturated rings. The lowest BCUT2D eigenvalue weighted by Gasteiger charge is -2.17. The van der Waals surface area contributed by atoms with Crippen molar-refractivity contribution < 1.29 is 9.59 Å². The predicted octanol–water partition coefficient (Wildman–Crippen LogP) is 0.841. The smallest absolute Gasteiger partial charge is 0.246 e. The Kier molecular flexibility index (Phi) is 5.05. The summed E-state index contributed by atoms with van der Waals surface area (Å²) in [6.45, 7) is 11.5. The third-order valence-corrected chi connectivity index (χ3v) is 1.76. The molecule has 0 aromatic rings. The predicted molar refractivity (Wildman–Crippen MR) is 60.3 cm³/mol. The lowest BCUT2D eigenvalue weighted by atomic mass is 9.96. The first kappa shape index (κ1) is 13.7. The van der Waals surface area contributed by atoms with Crippen molar-refractivity contribution >= 4 is 11.8 Å². The van der Waals surface area contributed by atoms with Gasteiger partial charge in [0.15, 0.2) is 0 Å². The fourth-order valence-electron chi connectivity index (χ4n) is 0.768. The summed E-state index contributed by atoms with van der Waals surface area (Å²) >= 11 is 0. The fourth-order valence-corrected chi connectivity index (χ4v) is 0.768. The SMILES string of the molecule is C=C(C)C(=O)NCCNC(=O)C(C)(C)C. The molecular weight excluding hydrogens is 192 g/mol. The summed E-state index contributed by atoms with van der Waals surface area (Å²) in [7, 11) is 0. The number of rotatable bonds is 4. The van der Waals surface area contributed by atoms with E-state index < -0.39 is 5.41 Å². The zero-order valence-electron chi connectivity index (χ0n) is 9.94. The molecule has 0 unspecified atom stereocenters. The highest BCUT2D eigenvalue weighted by atomic mass is 16.2. The lowest BCUT2D eigenvalue weighted by Crippen LogP contribution is -2.39. The van der Waals surface area contributed by atoms with Crippen molar-refractivity contribution in [3.8, 4) is 0 Å². The largest absolute Gasteiger partial charge is 0.354 e. The van der Waals surface area contributed by atoms with Crippen LogP contribution in [-0.2, 0) is 9.59 Å².